The number of benzene rings is 2. The second kappa shape index (κ2) is 9.14. The van der Waals surface area contributed by atoms with Gasteiger partial charge in [0.1, 0.15) is 5.75 Å². The molecule has 2 N–H and O–H groups in total. The van der Waals surface area contributed by atoms with Gasteiger partial charge in [-0.25, -0.2) is 13.1 Å². The van der Waals surface area contributed by atoms with E-state index in [2.05, 4.69) is 4.72 Å². The van der Waals surface area contributed by atoms with Crippen molar-refractivity contribution in [3.63, 3.8) is 0 Å². The van der Waals surface area contributed by atoms with E-state index in [-0.39, 0.29) is 24.7 Å². The Morgan fingerprint density at radius 1 is 1.12 bits per heavy atom. The Bertz CT molecular complexity index is 818. The normalized spacial score (nSPS) is 12.8. The monoisotopic (exact) mass is 379 g/mol. The molecule has 6 nitrogen and oxygen atoms in total. The third-order valence-corrected chi connectivity index (χ3v) is 5.57. The molecule has 0 bridgehead atoms. The Balaban J connectivity index is 2.17. The van der Waals surface area contributed by atoms with Gasteiger partial charge in [-0.2, -0.15) is 0 Å². The van der Waals surface area contributed by atoms with Crippen LogP contribution in [0.15, 0.2) is 47.4 Å². The predicted molar refractivity (Wildman–Crippen MR) is 99.9 cm³/mol. The van der Waals surface area contributed by atoms with E-state index < -0.39 is 16.1 Å². The molecule has 0 aliphatic heterocycles. The van der Waals surface area contributed by atoms with Crippen molar-refractivity contribution in [3.8, 4) is 5.75 Å². The second-order valence-electron chi connectivity index (χ2n) is 5.98. The molecular formula is C19H25NO5S. The summed E-state index contributed by atoms with van der Waals surface area (Å²) in [5, 5.41) is 9.02. The highest BCUT2D eigenvalue weighted by molar-refractivity contribution is 7.89. The molecule has 1 unspecified atom stereocenters. The molecule has 0 amide bonds. The average molecular weight is 379 g/mol. The topological polar surface area (TPSA) is 84.9 Å². The fourth-order valence-corrected chi connectivity index (χ4v) is 3.82. The van der Waals surface area contributed by atoms with Crippen LogP contribution in [-0.4, -0.2) is 40.4 Å². The van der Waals surface area contributed by atoms with Crippen molar-refractivity contribution in [2.24, 2.45) is 0 Å². The SMILES string of the molecule is COc1ccc(S(=O)(=O)NCC(OCCO)c2ccc(C)cc2)c(C)c1. The van der Waals surface area contributed by atoms with Crippen LogP contribution in [0.5, 0.6) is 5.75 Å². The summed E-state index contributed by atoms with van der Waals surface area (Å²) in [4.78, 5) is 0.197. The van der Waals surface area contributed by atoms with Crippen molar-refractivity contribution < 1.29 is 23.0 Å². The number of nitrogens with one attached hydrogen (secondary N) is 1. The van der Waals surface area contributed by atoms with Gasteiger partial charge in [0.15, 0.2) is 0 Å². The third-order valence-electron chi connectivity index (χ3n) is 3.99. The fourth-order valence-electron chi connectivity index (χ4n) is 2.56. The van der Waals surface area contributed by atoms with Crippen molar-refractivity contribution >= 4 is 10.0 Å². The Kier molecular flexibility index (Phi) is 7.16. The maximum atomic E-state index is 12.7. The molecule has 0 radical (unpaired) electrons. The van der Waals surface area contributed by atoms with E-state index in [0.29, 0.717) is 11.3 Å². The van der Waals surface area contributed by atoms with E-state index in [1.165, 1.54) is 13.2 Å². The highest BCUT2D eigenvalue weighted by atomic mass is 32.2. The van der Waals surface area contributed by atoms with Crippen LogP contribution in [0.25, 0.3) is 0 Å². The first kappa shape index (κ1) is 20.4. The molecule has 2 rings (SSSR count). The molecule has 0 aliphatic rings. The summed E-state index contributed by atoms with van der Waals surface area (Å²) in [5.74, 6) is 0.602. The molecular weight excluding hydrogens is 354 g/mol. The number of sulfonamides is 1. The van der Waals surface area contributed by atoms with E-state index in [1.54, 1.807) is 19.1 Å². The molecule has 0 aliphatic carbocycles. The van der Waals surface area contributed by atoms with Gasteiger partial charge in [-0.15, -0.1) is 0 Å². The molecule has 26 heavy (non-hydrogen) atoms. The minimum absolute atomic E-state index is 0.0663. The number of rotatable bonds is 9. The molecule has 0 saturated carbocycles. The summed E-state index contributed by atoms with van der Waals surface area (Å²) < 4.78 is 38.7. The minimum Gasteiger partial charge on any atom is -0.497 e. The summed E-state index contributed by atoms with van der Waals surface area (Å²) in [6, 6.07) is 12.5. The smallest absolute Gasteiger partial charge is 0.240 e. The lowest BCUT2D eigenvalue weighted by atomic mass is 10.1. The van der Waals surface area contributed by atoms with E-state index in [9.17, 15) is 8.42 Å². The van der Waals surface area contributed by atoms with E-state index >= 15 is 0 Å². The van der Waals surface area contributed by atoms with Crippen LogP contribution in [0.1, 0.15) is 22.8 Å². The summed E-state index contributed by atoms with van der Waals surface area (Å²) in [5.41, 5.74) is 2.54. The summed E-state index contributed by atoms with van der Waals surface area (Å²) in [6.07, 6.45) is -0.490. The van der Waals surface area contributed by atoms with Gasteiger partial charge in [0, 0.05) is 6.54 Å². The molecule has 1 atom stereocenters. The summed E-state index contributed by atoms with van der Waals surface area (Å²) >= 11 is 0. The highest BCUT2D eigenvalue weighted by Crippen LogP contribution is 2.22. The van der Waals surface area contributed by atoms with Crippen LogP contribution in [0.4, 0.5) is 0 Å². The minimum atomic E-state index is -3.70. The lowest BCUT2D eigenvalue weighted by Gasteiger charge is -2.19. The fraction of sp³-hybridized carbons (Fsp3) is 0.368. The van der Waals surface area contributed by atoms with Gasteiger partial charge >= 0.3 is 0 Å². The molecule has 2 aromatic rings. The number of ether oxygens (including phenoxy) is 2. The standard InChI is InChI=1S/C19H25NO5S/c1-14-4-6-16(7-5-14)18(25-11-10-21)13-20-26(22,23)19-9-8-17(24-3)12-15(19)2/h4-9,12,18,20-21H,10-11,13H2,1-3H3. The van der Waals surface area contributed by atoms with Crippen LogP contribution < -0.4 is 9.46 Å². The maximum Gasteiger partial charge on any atom is 0.240 e. The molecule has 0 fully saturated rings. The lowest BCUT2D eigenvalue weighted by Crippen LogP contribution is -2.30. The Morgan fingerprint density at radius 3 is 2.38 bits per heavy atom. The summed E-state index contributed by atoms with van der Waals surface area (Å²) in [6.45, 7) is 3.75. The Hall–Kier alpha value is -1.93. The average Bonchev–Trinajstić information content (AvgIpc) is 2.62. The van der Waals surface area contributed by atoms with Gasteiger partial charge in [-0.1, -0.05) is 29.8 Å². The van der Waals surface area contributed by atoms with Crippen molar-refractivity contribution in [3.05, 3.63) is 59.2 Å². The molecule has 2 aromatic carbocycles. The van der Waals surface area contributed by atoms with E-state index in [4.69, 9.17) is 14.6 Å². The Labute approximate surface area is 154 Å². The first-order chi connectivity index (χ1) is 12.4. The van der Waals surface area contributed by atoms with Crippen LogP contribution in [0.2, 0.25) is 0 Å². The Morgan fingerprint density at radius 2 is 1.81 bits per heavy atom. The number of hydrogen-bond acceptors (Lipinski definition) is 5. The number of aliphatic hydroxyl groups is 1. The van der Waals surface area contributed by atoms with Gasteiger partial charge < -0.3 is 14.6 Å². The predicted octanol–water partition coefficient (Wildman–Crippen LogP) is 2.34. The molecule has 0 heterocycles. The van der Waals surface area contributed by atoms with E-state index in [0.717, 1.165) is 11.1 Å². The summed E-state index contributed by atoms with van der Waals surface area (Å²) in [7, 11) is -2.17. The number of hydrogen-bond donors (Lipinski definition) is 2. The van der Waals surface area contributed by atoms with Gasteiger partial charge in [0.2, 0.25) is 10.0 Å². The first-order valence-corrected chi connectivity index (χ1v) is 9.79. The quantitative estimate of drug-likeness (QED) is 0.699. The van der Waals surface area contributed by atoms with Crippen molar-refractivity contribution in [1.82, 2.24) is 4.72 Å². The molecule has 0 saturated heterocycles. The van der Waals surface area contributed by atoms with Crippen LogP contribution in [0, 0.1) is 13.8 Å². The zero-order valence-corrected chi connectivity index (χ0v) is 16.0. The number of methoxy groups -OCH3 is 1. The van der Waals surface area contributed by atoms with Gasteiger partial charge in [0.25, 0.3) is 0 Å². The van der Waals surface area contributed by atoms with Crippen molar-refractivity contribution in [2.75, 3.05) is 26.9 Å². The third kappa shape index (κ3) is 5.28. The van der Waals surface area contributed by atoms with Gasteiger partial charge in [-0.05, 0) is 43.2 Å². The first-order valence-electron chi connectivity index (χ1n) is 8.30. The van der Waals surface area contributed by atoms with Crippen LogP contribution >= 0.6 is 0 Å². The number of aryl methyl sites for hydroxylation is 2. The van der Waals surface area contributed by atoms with Crippen molar-refractivity contribution in [1.29, 1.82) is 0 Å². The molecule has 142 valence electrons. The lowest BCUT2D eigenvalue weighted by molar-refractivity contribution is 0.0309. The van der Waals surface area contributed by atoms with Gasteiger partial charge in [-0.3, -0.25) is 0 Å². The molecule has 7 heteroatoms. The van der Waals surface area contributed by atoms with E-state index in [1.807, 2.05) is 31.2 Å². The van der Waals surface area contributed by atoms with Crippen LogP contribution in [-0.2, 0) is 14.8 Å². The maximum absolute atomic E-state index is 12.7. The molecule has 0 spiro atoms. The van der Waals surface area contributed by atoms with Crippen molar-refractivity contribution in [2.45, 2.75) is 24.8 Å². The second-order valence-corrected chi connectivity index (χ2v) is 7.71. The van der Waals surface area contributed by atoms with Gasteiger partial charge in [0.05, 0.1) is 31.3 Å². The van der Waals surface area contributed by atoms with Crippen LogP contribution in [0.3, 0.4) is 0 Å². The zero-order valence-electron chi connectivity index (χ0n) is 15.2. The number of aliphatic hydroxyl groups excluding tert-OH is 1. The zero-order chi connectivity index (χ0) is 19.2. The largest absolute Gasteiger partial charge is 0.497 e. The molecule has 0 aromatic heterocycles. The highest BCUT2D eigenvalue weighted by Gasteiger charge is 2.20.